The van der Waals surface area contributed by atoms with Crippen LogP contribution in [0.4, 0.5) is 4.79 Å². The van der Waals surface area contributed by atoms with E-state index >= 15 is 0 Å². The molecule has 2 heterocycles. The fraction of sp³-hybridized carbons (Fsp3) is 0.500. The molecule has 8 heteroatoms. The average Bonchev–Trinajstić information content (AvgIpc) is 3.16. The normalized spacial score (nSPS) is 13.6. The van der Waals surface area contributed by atoms with Crippen LogP contribution in [0.15, 0.2) is 23.2 Å². The number of hydrogen-bond donors (Lipinski definition) is 3. The third-order valence-corrected chi connectivity index (χ3v) is 4.07. The maximum absolute atomic E-state index is 11.8. The molecule has 0 fully saturated rings. The van der Waals surface area contributed by atoms with E-state index in [-0.39, 0.29) is 12.6 Å². The molecular formula is C14H21N5O2S. The Bertz CT molecular complexity index is 594. The highest BCUT2D eigenvalue weighted by Crippen LogP contribution is 2.21. The van der Waals surface area contributed by atoms with E-state index in [0.717, 1.165) is 17.8 Å². The molecule has 2 aromatic heterocycles. The number of aromatic nitrogens is 3. The molecule has 2 aromatic rings. The summed E-state index contributed by atoms with van der Waals surface area (Å²) >= 11 is 1.51. The first-order valence-electron chi connectivity index (χ1n) is 7.16. The molecule has 7 nitrogen and oxygen atoms in total. The van der Waals surface area contributed by atoms with Gasteiger partial charge in [0.25, 0.3) is 0 Å². The molecule has 1 unspecified atom stereocenters. The third-order valence-electron chi connectivity index (χ3n) is 3.39. The molecular weight excluding hydrogens is 302 g/mol. The lowest BCUT2D eigenvalue weighted by atomic mass is 9.99. The number of carbonyl (C=O) groups is 1. The molecule has 3 N–H and O–H groups in total. The Kier molecular flexibility index (Phi) is 5.51. The van der Waals surface area contributed by atoms with Gasteiger partial charge in [0.2, 0.25) is 0 Å². The van der Waals surface area contributed by atoms with E-state index in [2.05, 4.69) is 20.8 Å². The number of urea groups is 1. The van der Waals surface area contributed by atoms with E-state index in [1.165, 1.54) is 11.3 Å². The van der Waals surface area contributed by atoms with Gasteiger partial charge in [0, 0.05) is 19.5 Å². The largest absolute Gasteiger partial charge is 0.384 e. The first kappa shape index (κ1) is 16.4. The van der Waals surface area contributed by atoms with Gasteiger partial charge in [0.1, 0.15) is 17.8 Å². The molecule has 22 heavy (non-hydrogen) atoms. The van der Waals surface area contributed by atoms with E-state index in [1.54, 1.807) is 13.3 Å². The van der Waals surface area contributed by atoms with E-state index in [1.807, 2.05) is 28.3 Å². The summed E-state index contributed by atoms with van der Waals surface area (Å²) in [7, 11) is 0. The van der Waals surface area contributed by atoms with Gasteiger partial charge >= 0.3 is 6.03 Å². The minimum atomic E-state index is -1.07. The predicted octanol–water partition coefficient (Wildman–Crippen LogP) is 1.11. The second kappa shape index (κ2) is 7.37. The Hall–Kier alpha value is -1.93. The van der Waals surface area contributed by atoms with E-state index in [9.17, 15) is 9.90 Å². The van der Waals surface area contributed by atoms with Gasteiger partial charge < -0.3 is 20.3 Å². The Balaban J connectivity index is 1.72. The molecule has 0 radical (unpaired) electrons. The van der Waals surface area contributed by atoms with E-state index in [4.69, 9.17) is 0 Å². The van der Waals surface area contributed by atoms with Crippen molar-refractivity contribution in [3.05, 3.63) is 34.5 Å². The zero-order chi connectivity index (χ0) is 16.0. The highest BCUT2D eigenvalue weighted by atomic mass is 32.1. The lowest BCUT2D eigenvalue weighted by Crippen LogP contribution is -2.44. The minimum absolute atomic E-state index is 0.155. The van der Waals surface area contributed by atoms with Crippen LogP contribution in [0, 0.1) is 0 Å². The van der Waals surface area contributed by atoms with Crippen molar-refractivity contribution in [2.75, 3.05) is 13.1 Å². The molecule has 0 aromatic carbocycles. The second-order valence-electron chi connectivity index (χ2n) is 5.19. The highest BCUT2D eigenvalue weighted by Gasteiger charge is 2.24. The topological polar surface area (TPSA) is 92.1 Å². The summed E-state index contributed by atoms with van der Waals surface area (Å²) in [6.45, 7) is 4.93. The zero-order valence-electron chi connectivity index (χ0n) is 12.7. The smallest absolute Gasteiger partial charge is 0.314 e. The number of rotatable bonds is 7. The minimum Gasteiger partial charge on any atom is -0.384 e. The molecule has 0 saturated carbocycles. The Labute approximate surface area is 133 Å². The quantitative estimate of drug-likeness (QED) is 0.712. The third kappa shape index (κ3) is 4.28. The van der Waals surface area contributed by atoms with Crippen LogP contribution < -0.4 is 10.6 Å². The molecule has 0 aliphatic heterocycles. The Morgan fingerprint density at radius 2 is 2.32 bits per heavy atom. The number of nitrogens with one attached hydrogen (secondary N) is 2. The standard InChI is InChI=1S/C14H21N5O2S/c1-3-12-18-17-10-19(12)6-5-15-13(20)16-9-14(2,21)11-4-7-22-8-11/h4,7-8,10,21H,3,5-6,9H2,1-2H3,(H2,15,16,20). The molecule has 2 rings (SSSR count). The molecule has 1 atom stereocenters. The maximum Gasteiger partial charge on any atom is 0.314 e. The fourth-order valence-corrected chi connectivity index (χ4v) is 2.80. The lowest BCUT2D eigenvalue weighted by Gasteiger charge is -2.22. The van der Waals surface area contributed by atoms with E-state index < -0.39 is 5.60 Å². The summed E-state index contributed by atoms with van der Waals surface area (Å²) in [5, 5.41) is 27.3. The van der Waals surface area contributed by atoms with E-state index in [0.29, 0.717) is 13.1 Å². The Morgan fingerprint density at radius 3 is 3.00 bits per heavy atom. The molecule has 0 saturated heterocycles. The molecule has 0 aliphatic rings. The van der Waals surface area contributed by atoms with Crippen molar-refractivity contribution in [1.82, 2.24) is 25.4 Å². The predicted molar refractivity (Wildman–Crippen MR) is 84.7 cm³/mol. The van der Waals surface area contributed by atoms with Crippen LogP contribution in [0.1, 0.15) is 25.2 Å². The Morgan fingerprint density at radius 1 is 1.50 bits per heavy atom. The zero-order valence-corrected chi connectivity index (χ0v) is 13.6. The summed E-state index contributed by atoms with van der Waals surface area (Å²) < 4.78 is 1.90. The number of thiophene rings is 1. The van der Waals surface area contributed by atoms with Crippen LogP contribution in [0.3, 0.4) is 0 Å². The van der Waals surface area contributed by atoms with Gasteiger partial charge in [0.15, 0.2) is 0 Å². The van der Waals surface area contributed by atoms with Crippen LogP contribution >= 0.6 is 11.3 Å². The summed E-state index contributed by atoms with van der Waals surface area (Å²) in [5.74, 6) is 0.891. The SMILES string of the molecule is CCc1nncn1CCNC(=O)NCC(C)(O)c1ccsc1. The maximum atomic E-state index is 11.8. The molecule has 0 aliphatic carbocycles. The van der Waals surface area contributed by atoms with Crippen molar-refractivity contribution in [2.24, 2.45) is 0 Å². The van der Waals surface area contributed by atoms with Crippen molar-refractivity contribution in [3.63, 3.8) is 0 Å². The van der Waals surface area contributed by atoms with Crippen molar-refractivity contribution < 1.29 is 9.90 Å². The number of aliphatic hydroxyl groups is 1. The molecule has 120 valence electrons. The van der Waals surface area contributed by atoms with Gasteiger partial charge in [0.05, 0.1) is 6.54 Å². The number of carbonyl (C=O) groups excluding carboxylic acids is 1. The van der Waals surface area contributed by atoms with Crippen LogP contribution in [0.5, 0.6) is 0 Å². The van der Waals surface area contributed by atoms with Crippen LogP contribution in [-0.2, 0) is 18.6 Å². The molecule has 2 amide bonds. The van der Waals surface area contributed by atoms with Gasteiger partial charge in [-0.3, -0.25) is 0 Å². The summed E-state index contributed by atoms with van der Waals surface area (Å²) in [6.07, 6.45) is 2.45. The highest BCUT2D eigenvalue weighted by molar-refractivity contribution is 7.08. The van der Waals surface area contributed by atoms with Crippen molar-refractivity contribution in [2.45, 2.75) is 32.4 Å². The van der Waals surface area contributed by atoms with Gasteiger partial charge in [-0.15, -0.1) is 10.2 Å². The van der Waals surface area contributed by atoms with Crippen LogP contribution in [-0.4, -0.2) is 39.0 Å². The number of hydrogen-bond acceptors (Lipinski definition) is 5. The molecule has 0 bridgehead atoms. The first-order chi connectivity index (χ1) is 10.5. The summed E-state index contributed by atoms with van der Waals surface area (Å²) in [4.78, 5) is 11.8. The monoisotopic (exact) mass is 323 g/mol. The average molecular weight is 323 g/mol. The first-order valence-corrected chi connectivity index (χ1v) is 8.10. The lowest BCUT2D eigenvalue weighted by molar-refractivity contribution is 0.0598. The number of nitrogens with zero attached hydrogens (tertiary/aromatic N) is 3. The number of aryl methyl sites for hydroxylation is 1. The summed E-state index contributed by atoms with van der Waals surface area (Å²) in [5.41, 5.74) is -0.268. The van der Waals surface area contributed by atoms with Crippen LogP contribution in [0.2, 0.25) is 0 Å². The van der Waals surface area contributed by atoms with Crippen molar-refractivity contribution in [1.29, 1.82) is 0 Å². The summed E-state index contributed by atoms with van der Waals surface area (Å²) in [6, 6.07) is 1.55. The molecule has 0 spiro atoms. The fourth-order valence-electron chi connectivity index (χ4n) is 2.02. The van der Waals surface area contributed by atoms with Gasteiger partial charge in [-0.05, 0) is 29.3 Å². The van der Waals surface area contributed by atoms with Crippen molar-refractivity contribution >= 4 is 17.4 Å². The van der Waals surface area contributed by atoms with Crippen molar-refractivity contribution in [3.8, 4) is 0 Å². The second-order valence-corrected chi connectivity index (χ2v) is 5.97. The number of amides is 2. The van der Waals surface area contributed by atoms with Gasteiger partial charge in [-0.1, -0.05) is 6.92 Å². The van der Waals surface area contributed by atoms with Gasteiger partial charge in [-0.2, -0.15) is 11.3 Å². The van der Waals surface area contributed by atoms with Gasteiger partial charge in [-0.25, -0.2) is 4.79 Å². The van der Waals surface area contributed by atoms with Crippen LogP contribution in [0.25, 0.3) is 0 Å².